The van der Waals surface area contributed by atoms with Gasteiger partial charge >= 0.3 is 0 Å². The van der Waals surface area contributed by atoms with E-state index in [0.29, 0.717) is 5.95 Å². The van der Waals surface area contributed by atoms with E-state index in [1.54, 1.807) is 7.11 Å². The molecular weight excluding hydrogens is 332 g/mol. The van der Waals surface area contributed by atoms with Gasteiger partial charge in [-0.15, -0.1) is 0 Å². The molecule has 0 N–H and O–H groups in total. The van der Waals surface area contributed by atoms with Crippen molar-refractivity contribution >= 4 is 16.6 Å². The van der Waals surface area contributed by atoms with Crippen molar-refractivity contribution in [2.24, 2.45) is 0 Å². The second-order valence-corrected chi connectivity index (χ2v) is 16.6. The van der Waals surface area contributed by atoms with Crippen LogP contribution in [-0.2, 0) is 20.0 Å². The molecule has 1 aromatic rings. The molecule has 0 unspecified atom stereocenters. The standard InChI is InChI=1S/C19H32O3Si2/c1-20-19(22-24(5,6)7)16-18(21-23(2,3)4)15-11-14-17-12-9-8-10-13-17/h8-10,12-13,15-16H,11,14H2,1-7H3/b18-15-,19-16-. The van der Waals surface area contributed by atoms with Gasteiger partial charge in [0.1, 0.15) is 5.76 Å². The Labute approximate surface area is 149 Å². The van der Waals surface area contributed by atoms with Crippen LogP contribution in [0, 0.1) is 0 Å². The van der Waals surface area contributed by atoms with E-state index >= 15 is 0 Å². The average molecular weight is 365 g/mol. The molecule has 0 saturated carbocycles. The summed E-state index contributed by atoms with van der Waals surface area (Å²) in [6.45, 7) is 12.9. The van der Waals surface area contributed by atoms with E-state index in [4.69, 9.17) is 13.6 Å². The van der Waals surface area contributed by atoms with Crippen molar-refractivity contribution in [3.05, 3.63) is 59.8 Å². The summed E-state index contributed by atoms with van der Waals surface area (Å²) < 4.78 is 17.6. The van der Waals surface area contributed by atoms with Crippen molar-refractivity contribution in [2.75, 3.05) is 7.11 Å². The van der Waals surface area contributed by atoms with E-state index in [2.05, 4.69) is 69.6 Å². The van der Waals surface area contributed by atoms with Crippen LogP contribution in [0.2, 0.25) is 39.3 Å². The van der Waals surface area contributed by atoms with Crippen molar-refractivity contribution in [3.8, 4) is 0 Å². The van der Waals surface area contributed by atoms with Crippen molar-refractivity contribution in [1.82, 2.24) is 0 Å². The van der Waals surface area contributed by atoms with Gasteiger partial charge in [-0.2, -0.15) is 0 Å². The predicted octanol–water partition coefficient (Wildman–Crippen LogP) is 5.69. The topological polar surface area (TPSA) is 27.7 Å². The highest BCUT2D eigenvalue weighted by molar-refractivity contribution is 6.70. The number of hydrogen-bond donors (Lipinski definition) is 0. The molecule has 0 aliphatic carbocycles. The third-order valence-corrected chi connectivity index (χ3v) is 4.58. The minimum absolute atomic E-state index is 0.540. The van der Waals surface area contributed by atoms with Crippen LogP contribution in [0.3, 0.4) is 0 Å². The lowest BCUT2D eigenvalue weighted by molar-refractivity contribution is 0.145. The smallest absolute Gasteiger partial charge is 0.268 e. The second-order valence-electron chi connectivity index (χ2n) is 7.73. The zero-order chi connectivity index (χ0) is 18.2. The first-order chi connectivity index (χ1) is 11.1. The highest BCUT2D eigenvalue weighted by atomic mass is 28.4. The SMILES string of the molecule is CO/C(=C/C(=C/CCc1ccccc1)O[Si](C)(C)C)O[Si](C)(C)C. The van der Waals surface area contributed by atoms with E-state index in [9.17, 15) is 0 Å². The number of ether oxygens (including phenoxy) is 1. The summed E-state index contributed by atoms with van der Waals surface area (Å²) in [5.41, 5.74) is 1.33. The summed E-state index contributed by atoms with van der Waals surface area (Å²) in [5, 5.41) is 0. The van der Waals surface area contributed by atoms with Crippen LogP contribution < -0.4 is 0 Å². The summed E-state index contributed by atoms with van der Waals surface area (Å²) in [6, 6.07) is 10.5. The van der Waals surface area contributed by atoms with E-state index in [-0.39, 0.29) is 0 Å². The summed E-state index contributed by atoms with van der Waals surface area (Å²) in [5.74, 6) is 1.39. The maximum atomic E-state index is 6.20. The van der Waals surface area contributed by atoms with Crippen LogP contribution in [-0.4, -0.2) is 23.7 Å². The van der Waals surface area contributed by atoms with Crippen molar-refractivity contribution in [2.45, 2.75) is 52.1 Å². The van der Waals surface area contributed by atoms with Gasteiger partial charge < -0.3 is 13.6 Å². The normalized spacial score (nSPS) is 13.6. The fraction of sp³-hybridized carbons (Fsp3) is 0.474. The van der Waals surface area contributed by atoms with Crippen LogP contribution in [0.25, 0.3) is 0 Å². The molecule has 24 heavy (non-hydrogen) atoms. The van der Waals surface area contributed by atoms with Crippen molar-refractivity contribution in [3.63, 3.8) is 0 Å². The van der Waals surface area contributed by atoms with Gasteiger partial charge in [-0.25, -0.2) is 0 Å². The highest BCUT2D eigenvalue weighted by Gasteiger charge is 2.21. The van der Waals surface area contributed by atoms with Crippen LogP contribution in [0.5, 0.6) is 0 Å². The maximum Gasteiger partial charge on any atom is 0.268 e. The third kappa shape index (κ3) is 9.62. The molecule has 0 bridgehead atoms. The predicted molar refractivity (Wildman–Crippen MR) is 107 cm³/mol. The first-order valence-electron chi connectivity index (χ1n) is 8.47. The molecule has 0 heterocycles. The molecule has 0 amide bonds. The molecule has 134 valence electrons. The monoisotopic (exact) mass is 364 g/mol. The Hall–Kier alpha value is -1.47. The van der Waals surface area contributed by atoms with Gasteiger partial charge in [0.25, 0.3) is 5.95 Å². The Morgan fingerprint density at radius 1 is 0.917 bits per heavy atom. The molecule has 1 aromatic carbocycles. The van der Waals surface area contributed by atoms with Crippen LogP contribution in [0.1, 0.15) is 12.0 Å². The lowest BCUT2D eigenvalue weighted by Crippen LogP contribution is -2.26. The molecule has 0 radical (unpaired) electrons. The number of allylic oxidation sites excluding steroid dienone is 2. The molecule has 0 spiro atoms. The zero-order valence-electron chi connectivity index (χ0n) is 16.2. The molecule has 0 aliphatic rings. The Kier molecular flexibility index (Phi) is 7.83. The second kappa shape index (κ2) is 9.13. The minimum atomic E-state index is -1.72. The van der Waals surface area contributed by atoms with E-state index < -0.39 is 16.6 Å². The molecule has 0 saturated heterocycles. The fourth-order valence-corrected chi connectivity index (χ4v) is 3.65. The third-order valence-electron chi connectivity index (χ3n) is 2.91. The summed E-state index contributed by atoms with van der Waals surface area (Å²) in [7, 11) is -1.77. The first-order valence-corrected chi connectivity index (χ1v) is 15.3. The summed E-state index contributed by atoms with van der Waals surface area (Å²) in [4.78, 5) is 0. The fourth-order valence-electron chi connectivity index (χ4n) is 2.06. The van der Waals surface area contributed by atoms with Crippen molar-refractivity contribution < 1.29 is 13.6 Å². The van der Waals surface area contributed by atoms with Gasteiger partial charge in [-0.1, -0.05) is 30.3 Å². The molecule has 1 rings (SSSR count). The quantitative estimate of drug-likeness (QED) is 0.320. The van der Waals surface area contributed by atoms with Gasteiger partial charge in [-0.3, -0.25) is 0 Å². The molecule has 3 nitrogen and oxygen atoms in total. The number of aryl methyl sites for hydroxylation is 1. The number of hydrogen-bond acceptors (Lipinski definition) is 3. The Morgan fingerprint density at radius 3 is 2.00 bits per heavy atom. The summed E-state index contributed by atoms with van der Waals surface area (Å²) >= 11 is 0. The highest BCUT2D eigenvalue weighted by Crippen LogP contribution is 2.18. The van der Waals surface area contributed by atoms with Gasteiger partial charge in [0.2, 0.25) is 16.6 Å². The van der Waals surface area contributed by atoms with E-state index in [0.717, 1.165) is 18.6 Å². The molecule has 0 aliphatic heterocycles. The molecule has 0 fully saturated rings. The average Bonchev–Trinajstić information content (AvgIpc) is 2.44. The van der Waals surface area contributed by atoms with Crippen LogP contribution in [0.4, 0.5) is 0 Å². The molecule has 0 atom stereocenters. The molecular formula is C19H32O3Si2. The molecule has 0 aromatic heterocycles. The van der Waals surface area contributed by atoms with E-state index in [1.165, 1.54) is 5.56 Å². The lowest BCUT2D eigenvalue weighted by atomic mass is 10.1. The van der Waals surface area contributed by atoms with Crippen LogP contribution in [0.15, 0.2) is 54.2 Å². The largest absolute Gasteiger partial charge is 0.544 e. The maximum absolute atomic E-state index is 6.20. The van der Waals surface area contributed by atoms with Gasteiger partial charge in [0, 0.05) is 0 Å². The number of methoxy groups -OCH3 is 1. The zero-order valence-corrected chi connectivity index (χ0v) is 18.2. The Morgan fingerprint density at radius 2 is 1.50 bits per heavy atom. The number of benzene rings is 1. The lowest BCUT2D eigenvalue weighted by Gasteiger charge is -2.23. The Balaban J connectivity index is 2.87. The first kappa shape index (κ1) is 20.6. The van der Waals surface area contributed by atoms with E-state index in [1.807, 2.05) is 12.1 Å². The van der Waals surface area contributed by atoms with Crippen molar-refractivity contribution in [1.29, 1.82) is 0 Å². The van der Waals surface area contributed by atoms with Gasteiger partial charge in [-0.05, 0) is 63.8 Å². The van der Waals surface area contributed by atoms with Gasteiger partial charge in [0.15, 0.2) is 0 Å². The van der Waals surface area contributed by atoms with Crippen LogP contribution >= 0.6 is 0 Å². The van der Waals surface area contributed by atoms with Gasteiger partial charge in [0.05, 0.1) is 13.2 Å². The summed E-state index contributed by atoms with van der Waals surface area (Å²) in [6.07, 6.45) is 5.94. The molecule has 5 heteroatoms. The number of rotatable bonds is 9. The Bertz CT molecular complexity index is 552. The minimum Gasteiger partial charge on any atom is -0.544 e.